The lowest BCUT2D eigenvalue weighted by atomic mass is 10.1. The second-order valence-corrected chi connectivity index (χ2v) is 6.15. The molecule has 3 heteroatoms. The van der Waals surface area contributed by atoms with Crippen molar-refractivity contribution in [2.45, 2.75) is 78.1 Å². The van der Waals surface area contributed by atoms with E-state index >= 15 is 0 Å². The summed E-state index contributed by atoms with van der Waals surface area (Å²) in [6, 6.07) is 0. The Bertz CT molecular complexity index is 169. The Balaban J connectivity index is 0.000000423. The third-order valence-electron chi connectivity index (χ3n) is 4.21. The van der Waals surface area contributed by atoms with Crippen LogP contribution in [0.25, 0.3) is 0 Å². The number of nitrogens with two attached hydrogens (primary N) is 1. The van der Waals surface area contributed by atoms with Crippen molar-refractivity contribution < 1.29 is 0 Å². The Morgan fingerprint density at radius 1 is 0.762 bits per heavy atom. The Labute approximate surface area is 134 Å². The molecule has 3 N–H and O–H groups in total. The topological polar surface area (TPSA) is 41.3 Å². The molecule has 1 heterocycles. The summed E-state index contributed by atoms with van der Waals surface area (Å²) in [5.74, 6) is 0. The van der Waals surface area contributed by atoms with Gasteiger partial charge in [-0.1, -0.05) is 71.6 Å². The van der Waals surface area contributed by atoms with Gasteiger partial charge in [0.2, 0.25) is 0 Å². The van der Waals surface area contributed by atoms with Gasteiger partial charge in [0.05, 0.1) is 0 Å². The van der Waals surface area contributed by atoms with E-state index in [4.69, 9.17) is 5.73 Å². The molecule has 0 unspecified atom stereocenters. The Hall–Kier alpha value is -0.120. The van der Waals surface area contributed by atoms with Crippen molar-refractivity contribution in [3.63, 3.8) is 0 Å². The number of hydrogen-bond donors (Lipinski definition) is 2. The quantitative estimate of drug-likeness (QED) is 0.571. The molecule has 0 aliphatic carbocycles. The van der Waals surface area contributed by atoms with Crippen LogP contribution in [0.2, 0.25) is 0 Å². The van der Waals surface area contributed by atoms with E-state index in [1.807, 2.05) is 0 Å². The number of piperazine rings is 1. The minimum absolute atomic E-state index is 0.872. The van der Waals surface area contributed by atoms with Crippen LogP contribution < -0.4 is 11.1 Å². The number of unbranched alkanes of at least 4 members (excludes halogenated alkanes) is 9. The second-order valence-electron chi connectivity index (χ2n) is 6.15. The molecule has 0 saturated carbocycles. The SMILES string of the molecule is CCCCCCCCCCCCN.CCN1CCNCC1. The van der Waals surface area contributed by atoms with Crippen LogP contribution in [-0.4, -0.2) is 44.2 Å². The van der Waals surface area contributed by atoms with Gasteiger partial charge in [0, 0.05) is 26.2 Å². The van der Waals surface area contributed by atoms with E-state index in [0.717, 1.165) is 6.54 Å². The summed E-state index contributed by atoms with van der Waals surface area (Å²) in [5.41, 5.74) is 5.42. The molecule has 0 aromatic rings. The molecule has 1 aliphatic heterocycles. The smallest absolute Gasteiger partial charge is 0.0107 e. The molecule has 128 valence electrons. The fraction of sp³-hybridized carbons (Fsp3) is 1.00. The van der Waals surface area contributed by atoms with Crippen molar-refractivity contribution in [3.8, 4) is 0 Å². The highest BCUT2D eigenvalue weighted by molar-refractivity contribution is 4.64. The molecule has 0 aromatic heterocycles. The van der Waals surface area contributed by atoms with Gasteiger partial charge in [-0.15, -0.1) is 0 Å². The summed E-state index contributed by atoms with van der Waals surface area (Å²) >= 11 is 0. The molecule has 21 heavy (non-hydrogen) atoms. The molecule has 0 atom stereocenters. The molecule has 1 aliphatic rings. The van der Waals surface area contributed by atoms with E-state index in [9.17, 15) is 0 Å². The first kappa shape index (κ1) is 20.9. The third-order valence-corrected chi connectivity index (χ3v) is 4.21. The van der Waals surface area contributed by atoms with E-state index in [0.29, 0.717) is 0 Å². The molecule has 1 saturated heterocycles. The minimum Gasteiger partial charge on any atom is -0.330 e. The Kier molecular flexibility index (Phi) is 17.8. The standard InChI is InChI=1S/C12H27N.C6H14N2/c1-2-3-4-5-6-7-8-9-10-11-12-13;1-2-8-5-3-7-4-6-8/h2-13H2,1H3;7H,2-6H2,1H3. The van der Waals surface area contributed by atoms with Gasteiger partial charge in [-0.3, -0.25) is 0 Å². The van der Waals surface area contributed by atoms with Gasteiger partial charge in [0.15, 0.2) is 0 Å². The average Bonchev–Trinajstić information content (AvgIpc) is 2.55. The van der Waals surface area contributed by atoms with Crippen LogP contribution in [-0.2, 0) is 0 Å². The maximum absolute atomic E-state index is 5.42. The average molecular weight is 300 g/mol. The summed E-state index contributed by atoms with van der Waals surface area (Å²) in [5, 5.41) is 3.31. The fourth-order valence-electron chi connectivity index (χ4n) is 2.66. The number of hydrogen-bond acceptors (Lipinski definition) is 3. The van der Waals surface area contributed by atoms with Gasteiger partial charge >= 0.3 is 0 Å². The number of likely N-dealkylation sites (N-methyl/N-ethyl adjacent to an activating group) is 1. The molecular formula is C18H41N3. The second kappa shape index (κ2) is 17.9. The monoisotopic (exact) mass is 299 g/mol. The van der Waals surface area contributed by atoms with Crippen LogP contribution in [0.5, 0.6) is 0 Å². The van der Waals surface area contributed by atoms with Crippen molar-refractivity contribution in [2.75, 3.05) is 39.3 Å². The molecule has 0 radical (unpaired) electrons. The van der Waals surface area contributed by atoms with Gasteiger partial charge in [-0.05, 0) is 19.5 Å². The van der Waals surface area contributed by atoms with E-state index in [2.05, 4.69) is 24.1 Å². The van der Waals surface area contributed by atoms with E-state index in [1.165, 1.54) is 96.9 Å². The van der Waals surface area contributed by atoms with Crippen molar-refractivity contribution in [1.29, 1.82) is 0 Å². The molecular weight excluding hydrogens is 258 g/mol. The van der Waals surface area contributed by atoms with Gasteiger partial charge in [0.25, 0.3) is 0 Å². The van der Waals surface area contributed by atoms with Crippen LogP contribution >= 0.6 is 0 Å². The summed E-state index contributed by atoms with van der Waals surface area (Å²) in [7, 11) is 0. The van der Waals surface area contributed by atoms with Gasteiger partial charge in [-0.25, -0.2) is 0 Å². The first-order valence-electron chi connectivity index (χ1n) is 9.48. The highest BCUT2D eigenvalue weighted by atomic mass is 15.2. The van der Waals surface area contributed by atoms with Crippen LogP contribution in [0.4, 0.5) is 0 Å². The largest absolute Gasteiger partial charge is 0.330 e. The molecule has 1 fully saturated rings. The summed E-state index contributed by atoms with van der Waals surface area (Å²) < 4.78 is 0. The van der Waals surface area contributed by atoms with Crippen molar-refractivity contribution >= 4 is 0 Å². The van der Waals surface area contributed by atoms with E-state index < -0.39 is 0 Å². The van der Waals surface area contributed by atoms with Crippen molar-refractivity contribution in [3.05, 3.63) is 0 Å². The predicted molar refractivity (Wildman–Crippen MR) is 95.9 cm³/mol. The number of rotatable bonds is 11. The van der Waals surface area contributed by atoms with E-state index in [-0.39, 0.29) is 0 Å². The van der Waals surface area contributed by atoms with Crippen LogP contribution in [0.1, 0.15) is 78.1 Å². The molecule has 1 rings (SSSR count). The molecule has 0 amide bonds. The lowest BCUT2D eigenvalue weighted by Gasteiger charge is -2.25. The lowest BCUT2D eigenvalue weighted by Crippen LogP contribution is -2.43. The normalized spacial score (nSPS) is 15.6. The number of nitrogens with zero attached hydrogens (tertiary/aromatic N) is 1. The first-order chi connectivity index (χ1) is 10.3. The maximum atomic E-state index is 5.42. The highest BCUT2D eigenvalue weighted by Gasteiger charge is 2.04. The van der Waals surface area contributed by atoms with Crippen LogP contribution in [0, 0.1) is 0 Å². The Morgan fingerprint density at radius 2 is 1.24 bits per heavy atom. The summed E-state index contributed by atoms with van der Waals surface area (Å²) in [6.07, 6.45) is 13.9. The predicted octanol–water partition coefficient (Wildman–Crippen LogP) is 3.78. The highest BCUT2D eigenvalue weighted by Crippen LogP contribution is 2.09. The minimum atomic E-state index is 0.872. The summed E-state index contributed by atoms with van der Waals surface area (Å²) in [6.45, 7) is 11.4. The fourth-order valence-corrected chi connectivity index (χ4v) is 2.66. The maximum Gasteiger partial charge on any atom is 0.0107 e. The van der Waals surface area contributed by atoms with E-state index in [1.54, 1.807) is 0 Å². The van der Waals surface area contributed by atoms with Crippen LogP contribution in [0.3, 0.4) is 0 Å². The van der Waals surface area contributed by atoms with Crippen molar-refractivity contribution in [2.24, 2.45) is 5.73 Å². The summed E-state index contributed by atoms with van der Waals surface area (Å²) in [4.78, 5) is 2.45. The first-order valence-corrected chi connectivity index (χ1v) is 9.48. The number of nitrogens with one attached hydrogen (secondary N) is 1. The molecule has 0 spiro atoms. The van der Waals surface area contributed by atoms with Crippen molar-refractivity contribution in [1.82, 2.24) is 10.2 Å². The van der Waals surface area contributed by atoms with Gasteiger partial charge in [0.1, 0.15) is 0 Å². The van der Waals surface area contributed by atoms with Crippen LogP contribution in [0.15, 0.2) is 0 Å². The molecule has 0 bridgehead atoms. The lowest BCUT2D eigenvalue weighted by molar-refractivity contribution is 0.253. The Morgan fingerprint density at radius 3 is 1.62 bits per heavy atom. The third kappa shape index (κ3) is 16.1. The zero-order valence-electron chi connectivity index (χ0n) is 14.8. The molecule has 3 nitrogen and oxygen atoms in total. The zero-order valence-corrected chi connectivity index (χ0v) is 14.8. The van der Waals surface area contributed by atoms with Gasteiger partial charge < -0.3 is 16.0 Å². The van der Waals surface area contributed by atoms with Gasteiger partial charge in [-0.2, -0.15) is 0 Å². The zero-order chi connectivity index (χ0) is 15.6. The molecule has 0 aromatic carbocycles.